The number of piperazine rings is 1. The second kappa shape index (κ2) is 58.2. The van der Waals surface area contributed by atoms with Gasteiger partial charge >= 0.3 is 78.5 Å². The molecule has 1 aromatic rings. The average molecular weight is 2030 g/mol. The molecule has 4 amide bonds. The van der Waals surface area contributed by atoms with Gasteiger partial charge in [0, 0.05) is 153 Å². The van der Waals surface area contributed by atoms with E-state index in [1.807, 2.05) is 40.1 Å². The van der Waals surface area contributed by atoms with Crippen LogP contribution in [0, 0.1) is 57.7 Å². The number of carbonyl (C=O) groups is 10. The molecule has 57 nitrogen and oxygen atoms in total. The number of carboxylic acids is 6. The Morgan fingerprint density at radius 3 is 1.08 bits per heavy atom. The van der Waals surface area contributed by atoms with Gasteiger partial charge in [-0.3, -0.25) is 79.8 Å². The van der Waals surface area contributed by atoms with Gasteiger partial charge in [-0.2, -0.15) is 9.98 Å². The Balaban J connectivity index is 0.000000359. The van der Waals surface area contributed by atoms with Crippen molar-refractivity contribution in [3.05, 3.63) is 35.9 Å². The van der Waals surface area contributed by atoms with E-state index in [-0.39, 0.29) is 152 Å². The summed E-state index contributed by atoms with van der Waals surface area (Å²) in [5.41, 5.74) is 62.1. The number of nitrogens with two attached hydrogens (primary N) is 12. The Morgan fingerprint density at radius 1 is 0.448 bits per heavy atom. The van der Waals surface area contributed by atoms with Gasteiger partial charge in [0.25, 0.3) is 11.8 Å². The quantitative estimate of drug-likeness (QED) is 0.0167. The molecular weight excluding hydrogens is 1880 g/mol. The Morgan fingerprint density at radius 2 is 0.762 bits per heavy atom. The third-order valence-electron chi connectivity index (χ3n) is 26.6. The maximum atomic E-state index is 12.3. The minimum atomic E-state index is -1.57. The van der Waals surface area contributed by atoms with Crippen molar-refractivity contribution in [1.29, 1.82) is 16.2 Å². The molecule has 0 radical (unpaired) electrons. The molecule has 143 heavy (non-hydrogen) atoms. The normalized spacial score (nSPS) is 25.6. The lowest BCUT2D eigenvalue weighted by atomic mass is 9.78. The van der Waals surface area contributed by atoms with Crippen LogP contribution in [0.5, 0.6) is 0 Å². The summed E-state index contributed by atoms with van der Waals surface area (Å²) in [7, 11) is -8.55. The van der Waals surface area contributed by atoms with Gasteiger partial charge in [0.05, 0.1) is 24.7 Å². The first kappa shape index (κ1) is 125. The molecule has 8 aliphatic rings. The van der Waals surface area contributed by atoms with Gasteiger partial charge in [0.1, 0.15) is 33.2 Å². The second-order valence-corrected chi connectivity index (χ2v) is 38.0. The van der Waals surface area contributed by atoms with Crippen LogP contribution in [-0.4, -0.2) is 439 Å². The van der Waals surface area contributed by atoms with E-state index in [0.717, 1.165) is 57.2 Å². The highest BCUT2D eigenvalue weighted by Crippen LogP contribution is 2.37. The fourth-order valence-corrected chi connectivity index (χ4v) is 17.6. The number of carboxylic acid groups (broad SMARTS) is 6. The van der Waals surface area contributed by atoms with Gasteiger partial charge in [-0.15, -0.1) is 0 Å². The molecule has 49 N–H and O–H groups in total. The highest BCUT2D eigenvalue weighted by atomic mass is 16.4. The number of aliphatic carboxylic acids is 6. The Hall–Kier alpha value is -10.2. The standard InChI is InChI=1S/C18H28BN5O5.C14H28BN5O5.C13H26BN5O4.C12H24BN5O5.C12H23BN4O4.C11H22BN5O5/c20-14(9-12-5-2-1-3-6-12)15(25)23-17(21)24-10-13(7-4-8-19(28)29)18(22,11-24)16(26)27;1-8(2)10(16)11(21)19-13(17)20-6-9(4-3-5-15(24)25)14(18,7-20)12(22)23;15-12(18-6-4-17-5-7-18)19-8-10(2-1-3-14(22)23)13(16,9-19)11(20)21;1-7(14)9(19)17-11(15)18-5-8(3-2-4-13(22)23)12(16,6-18)10(20)21;14-12(10(18)19)8-17(11-15-5-2-6-16-11)7-9(12)3-1-4-13(20)21;13-4-8(18)16-10(14)17-5-7(2-1-3-12(21)22)11(15,6-17)9(19)20/h1-3,5-6,13-14,28-29H,4,7-11,20,22H2,(H,26,27)(H2,21,23,25);8-10,24-25H,3-7,16,18H2,1-2H3,(H,22,23)(H2,17,19,21);10,15,17,22-23H,1-9,16H2,(H,20,21);7-8,22-23H,2-6,14,16H2,1H3,(H,20,21)(H2,15,17,19);9,20-21H,1-8,14H2,(H,15,16)(H,18,19);7,21-22H,1-6,13,15H2,(H,19,20)(H2,14,16,18). The number of carbonyl (C=O) groups excluding carboxylic acids is 4. The van der Waals surface area contributed by atoms with Gasteiger partial charge < -0.3 is 205 Å². The predicted molar refractivity (Wildman–Crippen MR) is 529 cm³/mol. The minimum Gasteiger partial charge on any atom is -0.480 e. The molecule has 9 rings (SSSR count). The second-order valence-electron chi connectivity index (χ2n) is 38.0. The van der Waals surface area contributed by atoms with Crippen LogP contribution in [0.25, 0.3) is 0 Å². The van der Waals surface area contributed by atoms with Crippen molar-refractivity contribution in [3.8, 4) is 0 Å². The van der Waals surface area contributed by atoms with Crippen LogP contribution in [0.2, 0.25) is 37.9 Å². The summed E-state index contributed by atoms with van der Waals surface area (Å²) in [4.78, 5) is 139. The molecule has 0 bridgehead atoms. The molecule has 0 aliphatic carbocycles. The lowest BCUT2D eigenvalue weighted by Gasteiger charge is -2.34. The SMILES string of the molecule is CC(C)C(N)C(=O)NC(=N)N1CC(CCCB(O)O)C(N)(C(=O)O)C1.CC(N)C(=O)NC(=N)N1CC(CCCB(O)O)C(N)(C(=O)O)C1.N=C(N1CCNCC1)N1CC(CCCB(O)O)C(N)(C(=O)O)C1.NC(=NC(=O)C(N)Cc1ccccc1)N1CC(CCCB(O)O)C(N)(C(=O)O)C1.NC1(C(=O)O)CN(C2=NCCCN2)CC1CCCB(O)O.NCC(=O)N=C(N)N1CC(CCCB(O)O)C(N)(C(=O)O)C1. The van der Waals surface area contributed by atoms with E-state index >= 15 is 0 Å². The van der Waals surface area contributed by atoms with Crippen molar-refractivity contribution in [1.82, 2.24) is 55.6 Å². The predicted octanol–water partition coefficient (Wildman–Crippen LogP) is -13.4. The highest BCUT2D eigenvalue weighted by molar-refractivity contribution is 6.42. The Labute approximate surface area is 830 Å². The third-order valence-corrected chi connectivity index (χ3v) is 26.6. The van der Waals surface area contributed by atoms with E-state index in [9.17, 15) is 78.6 Å². The van der Waals surface area contributed by atoms with Gasteiger partial charge in [-0.05, 0) is 108 Å². The molecule has 8 heterocycles. The number of hydrogen-bond donors (Lipinski definition) is 37. The smallest absolute Gasteiger partial charge is 0.451 e. The van der Waals surface area contributed by atoms with Gasteiger partial charge in [0.2, 0.25) is 11.8 Å². The van der Waals surface area contributed by atoms with Crippen LogP contribution in [0.15, 0.2) is 45.3 Å². The maximum absolute atomic E-state index is 12.3. The monoisotopic (exact) mass is 2030 g/mol. The summed E-state index contributed by atoms with van der Waals surface area (Å²) < 4.78 is 0. The molecule has 802 valence electrons. The number of benzene rings is 1. The van der Waals surface area contributed by atoms with Crippen LogP contribution in [0.4, 0.5) is 0 Å². The molecule has 0 spiro atoms. The summed E-state index contributed by atoms with van der Waals surface area (Å²) in [6.07, 6.45) is 7.28. The summed E-state index contributed by atoms with van der Waals surface area (Å²) in [5.74, 6) is -11.3. The maximum Gasteiger partial charge on any atom is 0.451 e. The van der Waals surface area contributed by atoms with E-state index in [4.69, 9.17) is 145 Å². The first-order chi connectivity index (χ1) is 66.7. The van der Waals surface area contributed by atoms with Gasteiger partial charge in [-0.1, -0.05) is 82.7 Å². The summed E-state index contributed by atoms with van der Waals surface area (Å²) in [6, 6.07) is 6.82. The number of aliphatic imine (C=N–C) groups is 3. The molecule has 0 aromatic heterocycles. The minimum absolute atomic E-state index is 0.0815. The van der Waals surface area contributed by atoms with Crippen molar-refractivity contribution >= 4 is 138 Å². The number of rotatable bonds is 37. The first-order valence-corrected chi connectivity index (χ1v) is 47.3. The van der Waals surface area contributed by atoms with Crippen molar-refractivity contribution in [2.75, 3.05) is 124 Å². The zero-order valence-corrected chi connectivity index (χ0v) is 81.2. The molecule has 8 aliphatic heterocycles. The number of hydrogen-bond acceptors (Lipinski definition) is 39. The summed E-state index contributed by atoms with van der Waals surface area (Å²) in [6.45, 7) is 11.0. The molecule has 15 atom stereocenters. The fraction of sp³-hybridized carbons (Fsp3) is 0.725. The highest BCUT2D eigenvalue weighted by Gasteiger charge is 2.56. The van der Waals surface area contributed by atoms with Crippen LogP contribution in [0.3, 0.4) is 0 Å². The van der Waals surface area contributed by atoms with Crippen LogP contribution >= 0.6 is 0 Å². The number of amides is 4. The molecular formula is C80H151B6N29O28. The van der Waals surface area contributed by atoms with E-state index in [0.29, 0.717) is 103 Å². The largest absolute Gasteiger partial charge is 0.480 e. The molecule has 15 unspecified atom stereocenters. The zero-order valence-electron chi connectivity index (χ0n) is 81.2. The van der Waals surface area contributed by atoms with E-state index in [1.54, 1.807) is 18.7 Å². The third kappa shape index (κ3) is 38.0. The molecule has 7 saturated heterocycles. The Bertz CT molecular complexity index is 4440. The van der Waals surface area contributed by atoms with Crippen molar-refractivity contribution < 1.29 is 139 Å². The molecule has 1 aromatic carbocycles. The van der Waals surface area contributed by atoms with Crippen molar-refractivity contribution in [2.45, 2.75) is 200 Å². The topological polar surface area (TPSA) is 1030 Å². The van der Waals surface area contributed by atoms with Gasteiger partial charge in [-0.25, -0.2) is 0 Å². The number of nitrogens with zero attached hydrogens (tertiary/aromatic N) is 10. The summed E-state index contributed by atoms with van der Waals surface area (Å²) >= 11 is 0. The molecule has 7 fully saturated rings. The van der Waals surface area contributed by atoms with Crippen LogP contribution in [0.1, 0.15) is 110 Å². The summed E-state index contributed by atoms with van der Waals surface area (Å²) in [5, 5.41) is 199. The zero-order chi connectivity index (χ0) is 108. The molecule has 63 heteroatoms. The van der Waals surface area contributed by atoms with Crippen LogP contribution in [-0.2, 0) is 54.4 Å². The average Bonchev–Trinajstić information content (AvgIpc) is 1.60. The van der Waals surface area contributed by atoms with Crippen LogP contribution < -0.4 is 90.1 Å². The number of nitrogens with one attached hydrogen (secondary N) is 7. The lowest BCUT2D eigenvalue weighted by Crippen LogP contribution is -2.56. The van der Waals surface area contributed by atoms with Gasteiger partial charge in [0.15, 0.2) is 35.8 Å². The van der Waals surface area contributed by atoms with Crippen molar-refractivity contribution in [3.63, 3.8) is 0 Å². The van der Waals surface area contributed by atoms with E-state index < -0.39 is 177 Å². The lowest BCUT2D eigenvalue weighted by molar-refractivity contribution is -0.145. The number of guanidine groups is 6. The Kier molecular flexibility index (Phi) is 50.9. The number of likely N-dealkylation sites (tertiary alicyclic amines) is 6. The van der Waals surface area contributed by atoms with E-state index in [2.05, 4.69) is 36.2 Å². The fourth-order valence-electron chi connectivity index (χ4n) is 17.6. The molecule has 0 saturated carbocycles. The first-order valence-electron chi connectivity index (χ1n) is 47.3. The van der Waals surface area contributed by atoms with Crippen molar-refractivity contribution in [2.24, 2.45) is 125 Å². The van der Waals surface area contributed by atoms with E-state index in [1.165, 1.54) is 26.5 Å².